The van der Waals surface area contributed by atoms with Crippen LogP contribution < -0.4 is 15.4 Å². The third-order valence-electron chi connectivity index (χ3n) is 2.47. The molecule has 1 saturated carbocycles. The number of anilines is 1. The van der Waals surface area contributed by atoms with E-state index in [9.17, 15) is 9.59 Å². The van der Waals surface area contributed by atoms with Crippen molar-refractivity contribution in [3.63, 3.8) is 0 Å². The van der Waals surface area contributed by atoms with E-state index >= 15 is 0 Å². The van der Waals surface area contributed by atoms with Crippen LogP contribution in [0.5, 0.6) is 5.75 Å². The minimum Gasteiger partial charge on any atom is -0.484 e. The Bertz CT molecular complexity index is 455. The van der Waals surface area contributed by atoms with Crippen LogP contribution in [0.1, 0.15) is 19.8 Å². The number of nitrogens with one attached hydrogen (secondary N) is 2. The van der Waals surface area contributed by atoms with Crippen LogP contribution >= 0.6 is 0 Å². The number of hydrogen-bond donors (Lipinski definition) is 2. The first kappa shape index (κ1) is 12.4. The molecule has 1 aromatic carbocycles. The zero-order chi connectivity index (χ0) is 13.0. The lowest BCUT2D eigenvalue weighted by molar-refractivity contribution is -0.123. The van der Waals surface area contributed by atoms with Crippen molar-refractivity contribution in [2.75, 3.05) is 11.9 Å². The molecular weight excluding hydrogens is 232 g/mol. The summed E-state index contributed by atoms with van der Waals surface area (Å²) < 4.78 is 5.36. The molecule has 0 aliphatic heterocycles. The summed E-state index contributed by atoms with van der Waals surface area (Å²) in [5, 5.41) is 5.49. The highest BCUT2D eigenvalue weighted by atomic mass is 16.5. The summed E-state index contributed by atoms with van der Waals surface area (Å²) in [6.45, 7) is 1.44. The number of carbonyl (C=O) groups is 2. The summed E-state index contributed by atoms with van der Waals surface area (Å²) in [5.74, 6) is 0.313. The molecule has 2 amide bonds. The van der Waals surface area contributed by atoms with Crippen LogP contribution in [-0.4, -0.2) is 24.5 Å². The van der Waals surface area contributed by atoms with Gasteiger partial charge in [0.1, 0.15) is 5.75 Å². The van der Waals surface area contributed by atoms with Gasteiger partial charge in [-0.1, -0.05) is 6.07 Å². The predicted molar refractivity (Wildman–Crippen MR) is 67.4 cm³/mol. The lowest BCUT2D eigenvalue weighted by Gasteiger charge is -2.08. The Labute approximate surface area is 106 Å². The summed E-state index contributed by atoms with van der Waals surface area (Å²) in [5.41, 5.74) is 0.655. The Balaban J connectivity index is 1.84. The van der Waals surface area contributed by atoms with Gasteiger partial charge in [-0.2, -0.15) is 0 Å². The lowest BCUT2D eigenvalue weighted by atomic mass is 10.3. The van der Waals surface area contributed by atoms with Gasteiger partial charge in [-0.15, -0.1) is 0 Å². The number of amides is 2. The van der Waals surface area contributed by atoms with Crippen molar-refractivity contribution in [3.8, 4) is 5.75 Å². The van der Waals surface area contributed by atoms with Gasteiger partial charge < -0.3 is 15.4 Å². The maximum Gasteiger partial charge on any atom is 0.258 e. The van der Waals surface area contributed by atoms with E-state index in [1.165, 1.54) is 6.92 Å². The molecule has 96 valence electrons. The van der Waals surface area contributed by atoms with Gasteiger partial charge in [0.15, 0.2) is 6.61 Å². The summed E-state index contributed by atoms with van der Waals surface area (Å²) >= 11 is 0. The van der Waals surface area contributed by atoms with E-state index in [1.807, 2.05) is 0 Å². The highest BCUT2D eigenvalue weighted by molar-refractivity contribution is 5.88. The van der Waals surface area contributed by atoms with Gasteiger partial charge in [0.25, 0.3) is 5.91 Å². The molecule has 18 heavy (non-hydrogen) atoms. The van der Waals surface area contributed by atoms with Gasteiger partial charge >= 0.3 is 0 Å². The molecule has 0 spiro atoms. The SMILES string of the molecule is CC(=O)Nc1cccc(OCC(=O)NC2CC2)c1. The van der Waals surface area contributed by atoms with Crippen LogP contribution in [0.3, 0.4) is 0 Å². The van der Waals surface area contributed by atoms with Gasteiger partial charge in [-0.05, 0) is 25.0 Å². The zero-order valence-electron chi connectivity index (χ0n) is 10.2. The average Bonchev–Trinajstić information content (AvgIpc) is 3.10. The van der Waals surface area contributed by atoms with Crippen molar-refractivity contribution in [2.45, 2.75) is 25.8 Å². The molecule has 0 bridgehead atoms. The summed E-state index contributed by atoms with van der Waals surface area (Å²) in [6.07, 6.45) is 2.12. The first-order valence-corrected chi connectivity index (χ1v) is 5.93. The number of benzene rings is 1. The van der Waals surface area contributed by atoms with Crippen molar-refractivity contribution >= 4 is 17.5 Å². The molecule has 1 aliphatic rings. The molecule has 0 heterocycles. The molecule has 0 unspecified atom stereocenters. The van der Waals surface area contributed by atoms with Crippen LogP contribution in [-0.2, 0) is 9.59 Å². The molecule has 5 nitrogen and oxygen atoms in total. The molecule has 0 saturated heterocycles. The van der Waals surface area contributed by atoms with Crippen molar-refractivity contribution in [1.82, 2.24) is 5.32 Å². The van der Waals surface area contributed by atoms with Crippen LogP contribution in [0, 0.1) is 0 Å². The van der Waals surface area contributed by atoms with E-state index in [2.05, 4.69) is 10.6 Å². The number of hydrogen-bond acceptors (Lipinski definition) is 3. The minimum absolute atomic E-state index is 0.0000246. The fourth-order valence-electron chi connectivity index (χ4n) is 1.51. The highest BCUT2D eigenvalue weighted by Gasteiger charge is 2.23. The lowest BCUT2D eigenvalue weighted by Crippen LogP contribution is -2.30. The van der Waals surface area contributed by atoms with Gasteiger partial charge in [-0.25, -0.2) is 0 Å². The molecule has 2 N–H and O–H groups in total. The van der Waals surface area contributed by atoms with Gasteiger partial charge in [0, 0.05) is 24.7 Å². The van der Waals surface area contributed by atoms with E-state index in [1.54, 1.807) is 24.3 Å². The first-order valence-electron chi connectivity index (χ1n) is 5.93. The summed E-state index contributed by atoms with van der Waals surface area (Å²) in [4.78, 5) is 22.3. The normalized spacial score (nSPS) is 13.8. The fourth-order valence-corrected chi connectivity index (χ4v) is 1.51. The minimum atomic E-state index is -0.140. The van der Waals surface area contributed by atoms with Gasteiger partial charge in [0.05, 0.1) is 0 Å². The number of rotatable bonds is 5. The van der Waals surface area contributed by atoms with E-state index in [0.29, 0.717) is 17.5 Å². The van der Waals surface area contributed by atoms with E-state index in [4.69, 9.17) is 4.74 Å². The van der Waals surface area contributed by atoms with Crippen molar-refractivity contribution in [1.29, 1.82) is 0 Å². The van der Waals surface area contributed by atoms with Gasteiger partial charge in [0.2, 0.25) is 5.91 Å². The standard InChI is InChI=1S/C13H16N2O3/c1-9(16)14-11-3-2-4-12(7-11)18-8-13(17)15-10-5-6-10/h2-4,7,10H,5-6,8H2,1H3,(H,14,16)(H,15,17). The van der Waals surface area contributed by atoms with E-state index in [-0.39, 0.29) is 18.4 Å². The molecule has 5 heteroatoms. The number of carbonyl (C=O) groups excluding carboxylic acids is 2. The maximum absolute atomic E-state index is 11.4. The molecule has 0 atom stereocenters. The Morgan fingerprint density at radius 2 is 2.17 bits per heavy atom. The first-order chi connectivity index (χ1) is 8.63. The second kappa shape index (κ2) is 5.53. The fraction of sp³-hybridized carbons (Fsp3) is 0.385. The molecule has 1 aliphatic carbocycles. The Morgan fingerprint density at radius 3 is 2.83 bits per heavy atom. The van der Waals surface area contributed by atoms with Crippen LogP contribution in [0.15, 0.2) is 24.3 Å². The maximum atomic E-state index is 11.4. The van der Waals surface area contributed by atoms with Crippen LogP contribution in [0.25, 0.3) is 0 Å². The monoisotopic (exact) mass is 248 g/mol. The quantitative estimate of drug-likeness (QED) is 0.825. The van der Waals surface area contributed by atoms with Crippen molar-refractivity contribution < 1.29 is 14.3 Å². The summed E-state index contributed by atoms with van der Waals surface area (Å²) in [6, 6.07) is 7.30. The second-order valence-electron chi connectivity index (χ2n) is 4.34. The van der Waals surface area contributed by atoms with E-state index in [0.717, 1.165) is 12.8 Å². The largest absolute Gasteiger partial charge is 0.484 e. The zero-order valence-corrected chi connectivity index (χ0v) is 10.2. The smallest absolute Gasteiger partial charge is 0.258 e. The Morgan fingerprint density at radius 1 is 1.39 bits per heavy atom. The summed E-state index contributed by atoms with van der Waals surface area (Å²) in [7, 11) is 0. The van der Waals surface area contributed by atoms with E-state index < -0.39 is 0 Å². The third kappa shape index (κ3) is 4.08. The molecule has 1 aromatic rings. The molecule has 0 radical (unpaired) electrons. The van der Waals surface area contributed by atoms with Crippen LogP contribution in [0.2, 0.25) is 0 Å². The number of ether oxygens (including phenoxy) is 1. The topological polar surface area (TPSA) is 67.4 Å². The third-order valence-corrected chi connectivity index (χ3v) is 2.47. The Kier molecular flexibility index (Phi) is 3.82. The van der Waals surface area contributed by atoms with Crippen molar-refractivity contribution in [3.05, 3.63) is 24.3 Å². The average molecular weight is 248 g/mol. The van der Waals surface area contributed by atoms with Gasteiger partial charge in [-0.3, -0.25) is 9.59 Å². The molecular formula is C13H16N2O3. The highest BCUT2D eigenvalue weighted by Crippen LogP contribution is 2.19. The van der Waals surface area contributed by atoms with Crippen LogP contribution in [0.4, 0.5) is 5.69 Å². The second-order valence-corrected chi connectivity index (χ2v) is 4.34. The molecule has 0 aromatic heterocycles. The Hall–Kier alpha value is -2.04. The molecule has 1 fully saturated rings. The van der Waals surface area contributed by atoms with Crippen molar-refractivity contribution in [2.24, 2.45) is 0 Å². The predicted octanol–water partition coefficient (Wildman–Crippen LogP) is 1.30. The molecule has 2 rings (SSSR count).